The number of hydrogen-bond acceptors (Lipinski definition) is 3. The third-order valence-electron chi connectivity index (χ3n) is 1.94. The number of ether oxygens (including phenoxy) is 1. The molecule has 0 aliphatic rings. The van der Waals surface area contributed by atoms with Crippen molar-refractivity contribution >= 4 is 27.7 Å². The third-order valence-corrected chi connectivity index (χ3v) is 2.63. The van der Waals surface area contributed by atoms with Crippen LogP contribution in [0.5, 0.6) is 0 Å². The normalized spacial score (nSPS) is 10.3. The highest BCUT2D eigenvalue weighted by Crippen LogP contribution is 2.20. The van der Waals surface area contributed by atoms with Gasteiger partial charge >= 0.3 is 5.97 Å². The number of carbonyl (C=O) groups excluding carboxylic acids is 2. The van der Waals surface area contributed by atoms with Gasteiger partial charge in [-0.3, -0.25) is 4.79 Å². The average molecular weight is 285 g/mol. The number of hydrogen-bond donors (Lipinski definition) is 0. The predicted octanol–water partition coefficient (Wildman–Crippen LogP) is 3.22. The molecule has 0 bridgehead atoms. The zero-order valence-corrected chi connectivity index (χ0v) is 11.0. The van der Waals surface area contributed by atoms with Gasteiger partial charge in [0.15, 0.2) is 5.78 Å². The Kier molecular flexibility index (Phi) is 4.24. The highest BCUT2D eigenvalue weighted by molar-refractivity contribution is 9.10. The van der Waals surface area contributed by atoms with Gasteiger partial charge in [0.05, 0.1) is 11.7 Å². The van der Waals surface area contributed by atoms with E-state index in [0.717, 1.165) is 0 Å². The van der Waals surface area contributed by atoms with Crippen molar-refractivity contribution in [3.05, 3.63) is 33.8 Å². The van der Waals surface area contributed by atoms with Gasteiger partial charge in [0.2, 0.25) is 0 Å². The molecule has 0 aliphatic heterocycles. The highest BCUT2D eigenvalue weighted by Gasteiger charge is 2.14. The molecule has 0 spiro atoms. The van der Waals surface area contributed by atoms with Gasteiger partial charge in [0.1, 0.15) is 0 Å². The lowest BCUT2D eigenvalue weighted by Gasteiger charge is -2.09. The summed E-state index contributed by atoms with van der Waals surface area (Å²) in [4.78, 5) is 22.9. The molecule has 1 aromatic carbocycles. The van der Waals surface area contributed by atoms with Crippen LogP contribution in [0.15, 0.2) is 22.7 Å². The first-order chi connectivity index (χ1) is 7.41. The van der Waals surface area contributed by atoms with Gasteiger partial charge in [0, 0.05) is 10.0 Å². The highest BCUT2D eigenvalue weighted by atomic mass is 79.9. The van der Waals surface area contributed by atoms with Crippen LogP contribution < -0.4 is 0 Å². The fraction of sp³-hybridized carbons (Fsp3) is 0.333. The molecule has 0 saturated heterocycles. The summed E-state index contributed by atoms with van der Waals surface area (Å²) in [5.74, 6) is -0.504. The van der Waals surface area contributed by atoms with E-state index >= 15 is 0 Å². The maximum absolute atomic E-state index is 11.7. The molecule has 16 heavy (non-hydrogen) atoms. The monoisotopic (exact) mass is 284 g/mol. The van der Waals surface area contributed by atoms with Crippen LogP contribution in [0.1, 0.15) is 41.5 Å². The molecule has 0 aromatic heterocycles. The van der Waals surface area contributed by atoms with Crippen LogP contribution in [0.25, 0.3) is 0 Å². The van der Waals surface area contributed by atoms with E-state index in [4.69, 9.17) is 4.74 Å². The molecule has 1 rings (SSSR count). The fourth-order valence-electron chi connectivity index (χ4n) is 1.18. The van der Waals surface area contributed by atoms with Crippen LogP contribution in [-0.2, 0) is 4.74 Å². The molecule has 0 radical (unpaired) electrons. The maximum atomic E-state index is 11.7. The van der Waals surface area contributed by atoms with Crippen LogP contribution >= 0.6 is 15.9 Å². The topological polar surface area (TPSA) is 43.4 Å². The molecule has 0 saturated carbocycles. The average Bonchev–Trinajstić information content (AvgIpc) is 2.16. The van der Waals surface area contributed by atoms with E-state index in [1.807, 2.05) is 0 Å². The Labute approximate surface area is 103 Å². The smallest absolute Gasteiger partial charge is 0.339 e. The Morgan fingerprint density at radius 3 is 2.44 bits per heavy atom. The summed E-state index contributed by atoms with van der Waals surface area (Å²) in [5, 5.41) is 0. The Morgan fingerprint density at radius 1 is 1.31 bits per heavy atom. The van der Waals surface area contributed by atoms with E-state index in [1.54, 1.807) is 26.0 Å². The van der Waals surface area contributed by atoms with Crippen LogP contribution in [0, 0.1) is 0 Å². The van der Waals surface area contributed by atoms with Crippen molar-refractivity contribution in [3.63, 3.8) is 0 Å². The molecule has 86 valence electrons. The number of rotatable bonds is 3. The van der Waals surface area contributed by atoms with Crippen molar-refractivity contribution in [1.29, 1.82) is 0 Å². The largest absolute Gasteiger partial charge is 0.459 e. The lowest BCUT2D eigenvalue weighted by molar-refractivity contribution is 0.0377. The molecule has 0 N–H and O–H groups in total. The Bertz CT molecular complexity index is 424. The van der Waals surface area contributed by atoms with Gasteiger partial charge in [-0.1, -0.05) is 6.07 Å². The molecular weight excluding hydrogens is 272 g/mol. The van der Waals surface area contributed by atoms with Crippen molar-refractivity contribution < 1.29 is 14.3 Å². The number of esters is 1. The predicted molar refractivity (Wildman–Crippen MR) is 64.7 cm³/mol. The Morgan fingerprint density at radius 2 is 1.94 bits per heavy atom. The quantitative estimate of drug-likeness (QED) is 0.632. The summed E-state index contributed by atoms with van der Waals surface area (Å²) < 4.78 is 5.70. The van der Waals surface area contributed by atoms with E-state index in [-0.39, 0.29) is 11.9 Å². The molecule has 1 aromatic rings. The van der Waals surface area contributed by atoms with Gasteiger partial charge < -0.3 is 4.74 Å². The second kappa shape index (κ2) is 5.25. The van der Waals surface area contributed by atoms with E-state index < -0.39 is 5.97 Å². The summed E-state index contributed by atoms with van der Waals surface area (Å²) in [5.41, 5.74) is 0.875. The number of carbonyl (C=O) groups is 2. The lowest BCUT2D eigenvalue weighted by Crippen LogP contribution is -2.12. The first-order valence-corrected chi connectivity index (χ1v) is 5.72. The molecule has 0 fully saturated rings. The second-order valence-corrected chi connectivity index (χ2v) is 4.56. The van der Waals surface area contributed by atoms with Crippen LogP contribution in [0.3, 0.4) is 0 Å². The van der Waals surface area contributed by atoms with Crippen molar-refractivity contribution in [2.24, 2.45) is 0 Å². The molecule has 3 nitrogen and oxygen atoms in total. The van der Waals surface area contributed by atoms with E-state index in [1.165, 1.54) is 13.0 Å². The van der Waals surface area contributed by atoms with Gasteiger partial charge in [-0.2, -0.15) is 0 Å². The summed E-state index contributed by atoms with van der Waals surface area (Å²) >= 11 is 3.26. The number of ketones is 1. The molecule has 4 heteroatoms. The van der Waals surface area contributed by atoms with Crippen LogP contribution in [-0.4, -0.2) is 17.9 Å². The maximum Gasteiger partial charge on any atom is 0.339 e. The zero-order valence-electron chi connectivity index (χ0n) is 9.41. The molecular formula is C12H13BrO3. The minimum Gasteiger partial charge on any atom is -0.459 e. The zero-order chi connectivity index (χ0) is 12.3. The van der Waals surface area contributed by atoms with E-state index in [0.29, 0.717) is 15.6 Å². The van der Waals surface area contributed by atoms with Crippen molar-refractivity contribution in [1.82, 2.24) is 0 Å². The standard InChI is InChI=1S/C12H13BrO3/c1-7(2)16-12(15)10-6-9(8(3)14)4-5-11(10)13/h4-7H,1-3H3. The molecule has 0 atom stereocenters. The second-order valence-electron chi connectivity index (χ2n) is 3.70. The van der Waals surface area contributed by atoms with Gasteiger partial charge in [-0.25, -0.2) is 4.79 Å². The summed E-state index contributed by atoms with van der Waals surface area (Å²) in [7, 11) is 0. The molecule has 0 unspecified atom stereocenters. The van der Waals surface area contributed by atoms with Gasteiger partial charge in [-0.15, -0.1) is 0 Å². The third kappa shape index (κ3) is 3.17. The first-order valence-electron chi connectivity index (χ1n) is 4.93. The summed E-state index contributed by atoms with van der Waals surface area (Å²) in [6, 6.07) is 4.88. The van der Waals surface area contributed by atoms with Crippen LogP contribution in [0.2, 0.25) is 0 Å². The Hall–Kier alpha value is -1.16. The van der Waals surface area contributed by atoms with E-state index in [9.17, 15) is 9.59 Å². The Balaban J connectivity index is 3.07. The van der Waals surface area contributed by atoms with Crippen molar-refractivity contribution in [3.8, 4) is 0 Å². The molecule has 0 heterocycles. The molecule has 0 amide bonds. The number of benzene rings is 1. The van der Waals surface area contributed by atoms with Crippen LogP contribution in [0.4, 0.5) is 0 Å². The van der Waals surface area contributed by atoms with Crippen molar-refractivity contribution in [2.75, 3.05) is 0 Å². The van der Waals surface area contributed by atoms with Gasteiger partial charge in [-0.05, 0) is 48.8 Å². The SMILES string of the molecule is CC(=O)c1ccc(Br)c(C(=O)OC(C)C)c1. The van der Waals surface area contributed by atoms with Crippen molar-refractivity contribution in [2.45, 2.75) is 26.9 Å². The number of halogens is 1. The minimum atomic E-state index is -0.426. The summed E-state index contributed by atoms with van der Waals surface area (Å²) in [6.45, 7) is 5.02. The molecule has 0 aliphatic carbocycles. The van der Waals surface area contributed by atoms with E-state index in [2.05, 4.69) is 15.9 Å². The number of Topliss-reactive ketones (excluding diaryl/α,β-unsaturated/α-hetero) is 1. The first kappa shape index (κ1) is 12.9. The fourth-order valence-corrected chi connectivity index (χ4v) is 1.59. The van der Waals surface area contributed by atoms with Gasteiger partial charge in [0.25, 0.3) is 0 Å². The summed E-state index contributed by atoms with van der Waals surface area (Å²) in [6.07, 6.45) is -0.180. The minimum absolute atomic E-state index is 0.0777. The lowest BCUT2D eigenvalue weighted by atomic mass is 10.1.